The zero-order chi connectivity index (χ0) is 9.56. The van der Waals surface area contributed by atoms with Gasteiger partial charge in [-0.15, -0.1) is 12.4 Å². The van der Waals surface area contributed by atoms with Crippen LogP contribution in [0.3, 0.4) is 0 Å². The predicted molar refractivity (Wildman–Crippen MR) is 53.5 cm³/mol. The fraction of sp³-hybridized carbons (Fsp3) is 0.875. The molecule has 5 heteroatoms. The molecule has 0 heterocycles. The smallest absolute Gasteiger partial charge is 0.323 e. The largest absolute Gasteiger partial charge is 0.480 e. The summed E-state index contributed by atoms with van der Waals surface area (Å²) in [5.74, 6) is -0.819. The number of carboxylic acid groups (broad SMARTS) is 1. The van der Waals surface area contributed by atoms with Gasteiger partial charge in [0.1, 0.15) is 6.04 Å². The maximum absolute atomic E-state index is 10.7. The predicted octanol–water partition coefficient (Wildman–Crippen LogP) is 0.850. The molecular weight excluding hydrogens is 194 g/mol. The third-order valence-electron chi connectivity index (χ3n) is 1.86. The summed E-state index contributed by atoms with van der Waals surface area (Å²) < 4.78 is 4.83. The van der Waals surface area contributed by atoms with Crippen molar-refractivity contribution in [3.63, 3.8) is 0 Å². The van der Waals surface area contributed by atoms with E-state index in [4.69, 9.17) is 9.84 Å². The first-order chi connectivity index (χ1) is 5.67. The van der Waals surface area contributed by atoms with Crippen LogP contribution in [0.15, 0.2) is 0 Å². The van der Waals surface area contributed by atoms with E-state index in [1.165, 1.54) is 7.11 Å². The fourth-order valence-corrected chi connectivity index (χ4v) is 1.16. The van der Waals surface area contributed by atoms with Gasteiger partial charge in [0.2, 0.25) is 0 Å². The van der Waals surface area contributed by atoms with Crippen molar-refractivity contribution in [1.29, 1.82) is 0 Å². The number of ether oxygens (including phenoxy) is 1. The topological polar surface area (TPSA) is 49.8 Å². The Morgan fingerprint density at radius 1 is 1.46 bits per heavy atom. The average Bonchev–Trinajstić information content (AvgIpc) is 2.05. The maximum atomic E-state index is 10.7. The minimum Gasteiger partial charge on any atom is -0.480 e. The molecule has 1 atom stereocenters. The zero-order valence-electron chi connectivity index (χ0n) is 8.32. The molecule has 0 aromatic rings. The van der Waals surface area contributed by atoms with E-state index < -0.39 is 12.0 Å². The minimum absolute atomic E-state index is 0. The normalized spacial score (nSPS) is 12.3. The van der Waals surface area contributed by atoms with Gasteiger partial charge in [-0.2, -0.15) is 0 Å². The van der Waals surface area contributed by atoms with E-state index in [2.05, 4.69) is 0 Å². The van der Waals surface area contributed by atoms with Crippen LogP contribution in [-0.2, 0) is 9.53 Å². The van der Waals surface area contributed by atoms with E-state index in [9.17, 15) is 4.79 Å². The summed E-state index contributed by atoms with van der Waals surface area (Å²) in [6, 6.07) is -0.509. The highest BCUT2D eigenvalue weighted by atomic mass is 35.5. The van der Waals surface area contributed by atoms with E-state index in [-0.39, 0.29) is 19.0 Å². The van der Waals surface area contributed by atoms with Crippen LogP contribution >= 0.6 is 12.4 Å². The van der Waals surface area contributed by atoms with Crippen LogP contribution in [0.1, 0.15) is 13.8 Å². The third kappa shape index (κ3) is 5.08. The average molecular weight is 212 g/mol. The van der Waals surface area contributed by atoms with Crippen molar-refractivity contribution in [1.82, 2.24) is 4.90 Å². The number of likely N-dealkylation sites (N-methyl/N-ethyl adjacent to an activating group) is 1. The quantitative estimate of drug-likeness (QED) is 0.708. The molecular formula is C8H18ClNO3. The first kappa shape index (κ1) is 15.2. The second-order valence-electron chi connectivity index (χ2n) is 2.53. The lowest BCUT2D eigenvalue weighted by Crippen LogP contribution is -2.43. The molecule has 80 valence electrons. The number of nitrogens with zero attached hydrogens (tertiary/aromatic N) is 1. The summed E-state index contributed by atoms with van der Waals surface area (Å²) >= 11 is 0. The number of carbonyl (C=O) groups is 1. The molecule has 0 saturated heterocycles. The van der Waals surface area contributed by atoms with Gasteiger partial charge in [-0.05, 0) is 13.1 Å². The number of aliphatic carboxylic acids is 1. The molecule has 0 bridgehead atoms. The van der Waals surface area contributed by atoms with Crippen LogP contribution in [-0.4, -0.2) is 48.8 Å². The SMILES string of the molecule is CCN(CC)C(COC)C(=O)O.Cl. The number of hydrogen-bond donors (Lipinski definition) is 1. The van der Waals surface area contributed by atoms with Crippen molar-refractivity contribution in [2.45, 2.75) is 19.9 Å². The lowest BCUT2D eigenvalue weighted by Gasteiger charge is -2.25. The number of halogens is 1. The highest BCUT2D eigenvalue weighted by Crippen LogP contribution is 1.99. The van der Waals surface area contributed by atoms with Gasteiger partial charge in [-0.3, -0.25) is 9.69 Å². The Kier molecular flexibility index (Phi) is 9.67. The van der Waals surface area contributed by atoms with Gasteiger partial charge in [0.15, 0.2) is 0 Å². The van der Waals surface area contributed by atoms with Gasteiger partial charge in [-0.1, -0.05) is 13.8 Å². The van der Waals surface area contributed by atoms with Gasteiger partial charge in [-0.25, -0.2) is 0 Å². The highest BCUT2D eigenvalue weighted by Gasteiger charge is 2.22. The van der Waals surface area contributed by atoms with Gasteiger partial charge in [0, 0.05) is 7.11 Å². The Hall–Kier alpha value is -0.320. The Bertz CT molecular complexity index is 139. The van der Waals surface area contributed by atoms with Crippen molar-refractivity contribution in [2.75, 3.05) is 26.8 Å². The minimum atomic E-state index is -0.819. The third-order valence-corrected chi connectivity index (χ3v) is 1.86. The Labute approximate surface area is 85.3 Å². The first-order valence-corrected chi connectivity index (χ1v) is 4.13. The van der Waals surface area contributed by atoms with Crippen LogP contribution < -0.4 is 0 Å². The molecule has 0 fully saturated rings. The van der Waals surface area contributed by atoms with E-state index >= 15 is 0 Å². The first-order valence-electron chi connectivity index (χ1n) is 4.13. The molecule has 13 heavy (non-hydrogen) atoms. The van der Waals surface area contributed by atoms with Crippen molar-refractivity contribution >= 4 is 18.4 Å². The highest BCUT2D eigenvalue weighted by molar-refractivity contribution is 5.85. The van der Waals surface area contributed by atoms with E-state index in [1.54, 1.807) is 0 Å². The lowest BCUT2D eigenvalue weighted by molar-refractivity contribution is -0.145. The Morgan fingerprint density at radius 3 is 2.15 bits per heavy atom. The van der Waals surface area contributed by atoms with Crippen molar-refractivity contribution in [3.8, 4) is 0 Å². The Morgan fingerprint density at radius 2 is 1.92 bits per heavy atom. The second-order valence-corrected chi connectivity index (χ2v) is 2.53. The molecule has 0 rings (SSSR count). The summed E-state index contributed by atoms with van der Waals surface area (Å²) in [6.45, 7) is 5.59. The van der Waals surface area contributed by atoms with E-state index in [0.717, 1.165) is 13.1 Å². The number of carboxylic acids is 1. The molecule has 0 radical (unpaired) electrons. The van der Waals surface area contributed by atoms with Crippen LogP contribution in [0, 0.1) is 0 Å². The fourth-order valence-electron chi connectivity index (χ4n) is 1.16. The van der Waals surface area contributed by atoms with E-state index in [0.29, 0.717) is 0 Å². The summed E-state index contributed by atoms with van der Waals surface area (Å²) in [5.41, 5.74) is 0. The van der Waals surface area contributed by atoms with Crippen LogP contribution in [0.25, 0.3) is 0 Å². The lowest BCUT2D eigenvalue weighted by atomic mass is 10.2. The zero-order valence-corrected chi connectivity index (χ0v) is 9.13. The Balaban J connectivity index is 0. The van der Waals surface area contributed by atoms with Crippen molar-refractivity contribution in [2.24, 2.45) is 0 Å². The van der Waals surface area contributed by atoms with Crippen LogP contribution in [0.4, 0.5) is 0 Å². The molecule has 0 spiro atoms. The molecule has 1 N–H and O–H groups in total. The molecule has 1 unspecified atom stereocenters. The van der Waals surface area contributed by atoms with Crippen LogP contribution in [0.5, 0.6) is 0 Å². The molecule has 0 aliphatic heterocycles. The molecule has 0 aliphatic rings. The van der Waals surface area contributed by atoms with Gasteiger partial charge in [0.25, 0.3) is 0 Å². The number of hydrogen-bond acceptors (Lipinski definition) is 3. The summed E-state index contributed by atoms with van der Waals surface area (Å²) in [5, 5.41) is 8.82. The van der Waals surface area contributed by atoms with Crippen molar-refractivity contribution < 1.29 is 14.6 Å². The monoisotopic (exact) mass is 211 g/mol. The molecule has 0 aromatic heterocycles. The molecule has 4 nitrogen and oxygen atoms in total. The summed E-state index contributed by atoms with van der Waals surface area (Å²) in [4.78, 5) is 12.6. The standard InChI is InChI=1S/C8H17NO3.ClH/c1-4-9(5-2)7(6-12-3)8(10)11;/h7H,4-6H2,1-3H3,(H,10,11);1H. The maximum Gasteiger partial charge on any atom is 0.323 e. The molecule has 0 amide bonds. The van der Waals surface area contributed by atoms with Crippen LogP contribution in [0.2, 0.25) is 0 Å². The molecule has 0 aliphatic carbocycles. The number of rotatable bonds is 6. The van der Waals surface area contributed by atoms with Gasteiger partial charge >= 0.3 is 5.97 Å². The number of methoxy groups -OCH3 is 1. The van der Waals surface area contributed by atoms with Gasteiger partial charge < -0.3 is 9.84 Å². The second kappa shape index (κ2) is 8.29. The molecule has 0 saturated carbocycles. The molecule has 0 aromatic carbocycles. The summed E-state index contributed by atoms with van der Waals surface area (Å²) in [6.07, 6.45) is 0. The van der Waals surface area contributed by atoms with Gasteiger partial charge in [0.05, 0.1) is 6.61 Å². The van der Waals surface area contributed by atoms with Crippen molar-refractivity contribution in [3.05, 3.63) is 0 Å². The summed E-state index contributed by atoms with van der Waals surface area (Å²) in [7, 11) is 1.51. The van der Waals surface area contributed by atoms with E-state index in [1.807, 2.05) is 18.7 Å².